The minimum Gasteiger partial charge on any atom is -0.481 e. The molecule has 0 heterocycles. The highest BCUT2D eigenvalue weighted by Crippen LogP contribution is 2.11. The van der Waals surface area contributed by atoms with E-state index in [9.17, 15) is 9.59 Å². The summed E-state index contributed by atoms with van der Waals surface area (Å²) in [5.74, 6) is -1.48. The number of carbonyl (C=O) groups is 2. The Hall–Kier alpha value is -1.10. The predicted octanol–water partition coefficient (Wildman–Crippen LogP) is 4.06. The SMILES string of the molecule is CCCCCCCCCCCCCC(=O)O.CNCC(=O)O. The highest BCUT2D eigenvalue weighted by Gasteiger charge is 1.96. The molecule has 22 heavy (non-hydrogen) atoms. The van der Waals surface area contributed by atoms with Gasteiger partial charge >= 0.3 is 11.9 Å². The lowest BCUT2D eigenvalue weighted by Gasteiger charge is -2.01. The normalized spacial score (nSPS) is 9.91. The molecule has 5 nitrogen and oxygen atoms in total. The van der Waals surface area contributed by atoms with E-state index >= 15 is 0 Å². The van der Waals surface area contributed by atoms with E-state index in [1.54, 1.807) is 7.05 Å². The molecule has 0 aromatic carbocycles. The molecule has 0 unspecified atom stereocenters. The van der Waals surface area contributed by atoms with E-state index in [1.807, 2.05) is 0 Å². The van der Waals surface area contributed by atoms with Crippen molar-refractivity contribution in [3.63, 3.8) is 0 Å². The van der Waals surface area contributed by atoms with E-state index in [2.05, 4.69) is 12.2 Å². The Morgan fingerprint density at radius 2 is 1.14 bits per heavy atom. The van der Waals surface area contributed by atoms with E-state index in [-0.39, 0.29) is 6.54 Å². The monoisotopic (exact) mass is 317 g/mol. The lowest BCUT2D eigenvalue weighted by Crippen LogP contribution is -2.16. The summed E-state index contributed by atoms with van der Waals surface area (Å²) >= 11 is 0. The molecule has 0 aromatic rings. The summed E-state index contributed by atoms with van der Waals surface area (Å²) in [5.41, 5.74) is 0. The van der Waals surface area contributed by atoms with Crippen molar-refractivity contribution in [3.8, 4) is 0 Å². The van der Waals surface area contributed by atoms with Crippen LogP contribution in [0, 0.1) is 0 Å². The molecule has 0 rings (SSSR count). The van der Waals surface area contributed by atoms with Crippen molar-refractivity contribution in [2.75, 3.05) is 13.6 Å². The fourth-order valence-electron chi connectivity index (χ4n) is 2.09. The van der Waals surface area contributed by atoms with Gasteiger partial charge in [0.05, 0.1) is 6.54 Å². The summed E-state index contributed by atoms with van der Waals surface area (Å²) < 4.78 is 0. The van der Waals surface area contributed by atoms with Crippen LogP contribution >= 0.6 is 0 Å². The zero-order valence-corrected chi connectivity index (χ0v) is 14.4. The van der Waals surface area contributed by atoms with E-state index < -0.39 is 11.9 Å². The Morgan fingerprint density at radius 1 is 0.727 bits per heavy atom. The predicted molar refractivity (Wildman–Crippen MR) is 90.3 cm³/mol. The van der Waals surface area contributed by atoms with Crippen LogP contribution in [-0.2, 0) is 9.59 Å². The topological polar surface area (TPSA) is 86.6 Å². The summed E-state index contributed by atoms with van der Waals surface area (Å²) in [7, 11) is 1.59. The molecule has 0 aliphatic heterocycles. The first kappa shape index (κ1) is 23.2. The second-order valence-electron chi connectivity index (χ2n) is 5.60. The van der Waals surface area contributed by atoms with Gasteiger partial charge in [0.1, 0.15) is 0 Å². The van der Waals surface area contributed by atoms with Crippen LogP contribution in [0.4, 0.5) is 0 Å². The molecule has 0 amide bonds. The van der Waals surface area contributed by atoms with Gasteiger partial charge in [0.2, 0.25) is 0 Å². The molecule has 0 atom stereocenters. The second-order valence-corrected chi connectivity index (χ2v) is 5.60. The minimum atomic E-state index is -0.822. The third-order valence-corrected chi connectivity index (χ3v) is 3.32. The highest BCUT2D eigenvalue weighted by atomic mass is 16.4. The van der Waals surface area contributed by atoms with Crippen molar-refractivity contribution in [1.29, 1.82) is 0 Å². The van der Waals surface area contributed by atoms with Gasteiger partial charge < -0.3 is 15.5 Å². The standard InChI is InChI=1S/C14H28O2.C3H7NO2/c1-2-3-4-5-6-7-8-9-10-11-12-13-14(15)16;1-4-2-3(5)6/h2-13H2,1H3,(H,15,16);4H,2H2,1H3,(H,5,6). The second kappa shape index (κ2) is 19.9. The molecule has 0 radical (unpaired) electrons. The van der Waals surface area contributed by atoms with E-state index in [0.29, 0.717) is 6.42 Å². The molecule has 0 aliphatic rings. The number of aliphatic carboxylic acids is 2. The molecule has 0 aliphatic carbocycles. The molecule has 0 fully saturated rings. The first-order valence-corrected chi connectivity index (χ1v) is 8.62. The summed E-state index contributed by atoms with van der Waals surface area (Å²) in [6.07, 6.45) is 14.4. The van der Waals surface area contributed by atoms with Gasteiger partial charge in [-0.25, -0.2) is 0 Å². The van der Waals surface area contributed by atoms with Crippen LogP contribution in [0.1, 0.15) is 84.0 Å². The number of rotatable bonds is 14. The van der Waals surface area contributed by atoms with Gasteiger partial charge in [0.25, 0.3) is 0 Å². The third kappa shape index (κ3) is 27.3. The van der Waals surface area contributed by atoms with Gasteiger partial charge in [0, 0.05) is 6.42 Å². The Bertz CT molecular complexity index is 257. The summed E-state index contributed by atoms with van der Waals surface area (Å²) in [5, 5.41) is 18.8. The van der Waals surface area contributed by atoms with E-state index in [0.717, 1.165) is 12.8 Å². The smallest absolute Gasteiger partial charge is 0.317 e. The molecule has 0 saturated carbocycles. The molecule has 3 N–H and O–H groups in total. The molecule has 132 valence electrons. The maximum atomic E-state index is 10.3. The molecule has 0 spiro atoms. The van der Waals surface area contributed by atoms with Crippen molar-refractivity contribution in [2.24, 2.45) is 0 Å². The largest absolute Gasteiger partial charge is 0.481 e. The zero-order chi connectivity index (χ0) is 17.1. The molecule has 0 bridgehead atoms. The Kier molecular flexibility index (Phi) is 21.0. The zero-order valence-electron chi connectivity index (χ0n) is 14.4. The van der Waals surface area contributed by atoms with Crippen molar-refractivity contribution in [3.05, 3.63) is 0 Å². The van der Waals surface area contributed by atoms with Gasteiger partial charge in [0.15, 0.2) is 0 Å². The molecule has 0 aromatic heterocycles. The van der Waals surface area contributed by atoms with Gasteiger partial charge in [-0.3, -0.25) is 9.59 Å². The number of likely N-dealkylation sites (N-methyl/N-ethyl adjacent to an activating group) is 1. The van der Waals surface area contributed by atoms with E-state index in [1.165, 1.54) is 57.8 Å². The fourth-order valence-corrected chi connectivity index (χ4v) is 2.09. The quantitative estimate of drug-likeness (QED) is 0.421. The highest BCUT2D eigenvalue weighted by molar-refractivity contribution is 5.68. The van der Waals surface area contributed by atoms with Crippen LogP contribution in [0.15, 0.2) is 0 Å². The molecular formula is C17H35NO4. The first-order valence-electron chi connectivity index (χ1n) is 8.62. The Balaban J connectivity index is 0. The number of carboxylic acids is 2. The van der Waals surface area contributed by atoms with Crippen molar-refractivity contribution < 1.29 is 19.8 Å². The maximum Gasteiger partial charge on any atom is 0.317 e. The van der Waals surface area contributed by atoms with Crippen LogP contribution in [0.2, 0.25) is 0 Å². The average Bonchev–Trinajstić information content (AvgIpc) is 2.45. The van der Waals surface area contributed by atoms with Crippen LogP contribution < -0.4 is 5.32 Å². The lowest BCUT2D eigenvalue weighted by atomic mass is 10.1. The van der Waals surface area contributed by atoms with Crippen LogP contribution in [-0.4, -0.2) is 35.7 Å². The van der Waals surface area contributed by atoms with Crippen molar-refractivity contribution in [2.45, 2.75) is 84.0 Å². The Labute approximate surface area is 135 Å². The van der Waals surface area contributed by atoms with Crippen LogP contribution in [0.5, 0.6) is 0 Å². The summed E-state index contributed by atoms with van der Waals surface area (Å²) in [6, 6.07) is 0. The van der Waals surface area contributed by atoms with Gasteiger partial charge in [-0.05, 0) is 13.5 Å². The Morgan fingerprint density at radius 3 is 1.41 bits per heavy atom. The number of hydrogen-bond acceptors (Lipinski definition) is 3. The first-order chi connectivity index (χ1) is 10.5. The summed E-state index contributed by atoms with van der Waals surface area (Å²) in [4.78, 5) is 19.8. The molecular weight excluding hydrogens is 282 g/mol. The van der Waals surface area contributed by atoms with Crippen molar-refractivity contribution >= 4 is 11.9 Å². The van der Waals surface area contributed by atoms with Crippen molar-refractivity contribution in [1.82, 2.24) is 5.32 Å². The number of carboxylic acid groups (broad SMARTS) is 2. The average molecular weight is 317 g/mol. The van der Waals surface area contributed by atoms with Crippen LogP contribution in [0.3, 0.4) is 0 Å². The van der Waals surface area contributed by atoms with Crippen LogP contribution in [0.25, 0.3) is 0 Å². The third-order valence-electron chi connectivity index (χ3n) is 3.32. The summed E-state index contributed by atoms with van der Waals surface area (Å²) in [6.45, 7) is 2.29. The van der Waals surface area contributed by atoms with Gasteiger partial charge in [-0.2, -0.15) is 0 Å². The molecule has 0 saturated heterocycles. The lowest BCUT2D eigenvalue weighted by molar-refractivity contribution is -0.137. The number of hydrogen-bond donors (Lipinski definition) is 3. The minimum absolute atomic E-state index is 0.0417. The van der Waals surface area contributed by atoms with Gasteiger partial charge in [-0.15, -0.1) is 0 Å². The number of nitrogens with one attached hydrogen (secondary N) is 1. The van der Waals surface area contributed by atoms with E-state index in [4.69, 9.17) is 10.2 Å². The van der Waals surface area contributed by atoms with Gasteiger partial charge in [-0.1, -0.05) is 71.1 Å². The number of unbranched alkanes of at least 4 members (excludes halogenated alkanes) is 10. The molecule has 5 heteroatoms. The maximum absolute atomic E-state index is 10.3. The fraction of sp³-hybridized carbons (Fsp3) is 0.882.